The fourth-order valence-corrected chi connectivity index (χ4v) is 2.97. The van der Waals surface area contributed by atoms with Crippen LogP contribution < -0.4 is 5.32 Å². The van der Waals surface area contributed by atoms with Gasteiger partial charge in [-0.15, -0.1) is 0 Å². The number of imidazole rings is 1. The van der Waals surface area contributed by atoms with Crippen LogP contribution in [-0.2, 0) is 11.2 Å². The number of benzene rings is 2. The maximum atomic E-state index is 12.0. The molecule has 0 saturated carbocycles. The monoisotopic (exact) mass is 371 g/mol. The first-order chi connectivity index (χ1) is 13.8. The zero-order valence-electron chi connectivity index (χ0n) is 15.4. The van der Waals surface area contributed by atoms with Crippen molar-refractivity contribution in [3.8, 4) is 5.69 Å². The highest BCUT2D eigenvalue weighted by Crippen LogP contribution is 2.11. The van der Waals surface area contributed by atoms with Gasteiger partial charge in [-0.3, -0.25) is 4.79 Å². The van der Waals surface area contributed by atoms with Crippen LogP contribution in [0.5, 0.6) is 0 Å². The van der Waals surface area contributed by atoms with E-state index in [9.17, 15) is 4.79 Å². The van der Waals surface area contributed by atoms with Crippen LogP contribution in [0.1, 0.15) is 17.8 Å². The molecule has 6 nitrogen and oxygen atoms in total. The lowest BCUT2D eigenvalue weighted by Gasteiger charge is -2.00. The van der Waals surface area contributed by atoms with Gasteiger partial charge in [0.2, 0.25) is 5.91 Å². The normalized spacial score (nSPS) is 11.3. The van der Waals surface area contributed by atoms with Gasteiger partial charge in [0.15, 0.2) is 0 Å². The molecule has 2 heterocycles. The number of fused-ring (bicyclic) bond motifs is 1. The van der Waals surface area contributed by atoms with E-state index in [4.69, 9.17) is 0 Å². The predicted octanol–water partition coefficient (Wildman–Crippen LogP) is 3.51. The van der Waals surface area contributed by atoms with Gasteiger partial charge in [0.05, 0.1) is 22.9 Å². The Kier molecular flexibility index (Phi) is 5.29. The average Bonchev–Trinajstić information content (AvgIpc) is 3.37. The molecule has 6 heteroatoms. The van der Waals surface area contributed by atoms with Crippen LogP contribution in [0.2, 0.25) is 0 Å². The molecule has 140 valence electrons. The van der Waals surface area contributed by atoms with Gasteiger partial charge in [0, 0.05) is 30.8 Å². The minimum absolute atomic E-state index is 0.114. The molecule has 0 fully saturated rings. The SMILES string of the molecule is O=C(/C=C/c1cnn(-c2ccccc2)c1)NCCCc1nc2ccccc2[nH]1. The molecule has 1 amide bonds. The Morgan fingerprint density at radius 2 is 1.93 bits per heavy atom. The molecule has 0 bridgehead atoms. The molecule has 0 aliphatic heterocycles. The number of aromatic nitrogens is 4. The van der Waals surface area contributed by atoms with Crippen molar-refractivity contribution in [2.45, 2.75) is 12.8 Å². The fourth-order valence-electron chi connectivity index (χ4n) is 2.97. The Hall–Kier alpha value is -3.67. The summed E-state index contributed by atoms with van der Waals surface area (Å²) in [5.41, 5.74) is 3.87. The summed E-state index contributed by atoms with van der Waals surface area (Å²) in [7, 11) is 0. The van der Waals surface area contributed by atoms with Gasteiger partial charge in [-0.1, -0.05) is 30.3 Å². The number of rotatable bonds is 7. The Balaban J connectivity index is 1.24. The number of nitrogens with zero attached hydrogens (tertiary/aromatic N) is 3. The number of nitrogens with one attached hydrogen (secondary N) is 2. The van der Waals surface area contributed by atoms with E-state index in [1.54, 1.807) is 17.0 Å². The van der Waals surface area contributed by atoms with Crippen molar-refractivity contribution in [2.24, 2.45) is 0 Å². The number of aryl methyl sites for hydroxylation is 1. The van der Waals surface area contributed by atoms with Gasteiger partial charge in [-0.2, -0.15) is 5.10 Å². The van der Waals surface area contributed by atoms with Crippen molar-refractivity contribution in [1.82, 2.24) is 25.1 Å². The summed E-state index contributed by atoms with van der Waals surface area (Å²) in [6.07, 6.45) is 8.54. The summed E-state index contributed by atoms with van der Waals surface area (Å²) in [5.74, 6) is 0.830. The zero-order valence-corrected chi connectivity index (χ0v) is 15.4. The summed E-state index contributed by atoms with van der Waals surface area (Å²) >= 11 is 0. The van der Waals surface area contributed by atoms with Crippen molar-refractivity contribution in [2.75, 3.05) is 6.54 Å². The van der Waals surface area contributed by atoms with E-state index < -0.39 is 0 Å². The van der Waals surface area contributed by atoms with Gasteiger partial charge >= 0.3 is 0 Å². The Morgan fingerprint density at radius 1 is 1.11 bits per heavy atom. The molecule has 2 N–H and O–H groups in total. The van der Waals surface area contributed by atoms with Gasteiger partial charge in [0.1, 0.15) is 5.82 Å². The average molecular weight is 371 g/mol. The number of aromatic amines is 1. The van der Waals surface area contributed by atoms with Crippen LogP contribution in [-0.4, -0.2) is 32.2 Å². The van der Waals surface area contributed by atoms with Crippen LogP contribution in [0.25, 0.3) is 22.8 Å². The number of para-hydroxylation sites is 3. The molecule has 0 spiro atoms. The van der Waals surface area contributed by atoms with E-state index in [0.717, 1.165) is 41.0 Å². The molecule has 28 heavy (non-hydrogen) atoms. The van der Waals surface area contributed by atoms with Gasteiger partial charge in [-0.25, -0.2) is 9.67 Å². The highest BCUT2D eigenvalue weighted by Gasteiger charge is 2.03. The fraction of sp³-hybridized carbons (Fsp3) is 0.136. The van der Waals surface area contributed by atoms with E-state index in [2.05, 4.69) is 20.4 Å². The van der Waals surface area contributed by atoms with Gasteiger partial charge < -0.3 is 10.3 Å². The van der Waals surface area contributed by atoms with E-state index in [1.165, 1.54) is 6.08 Å². The van der Waals surface area contributed by atoms with Crippen LogP contribution in [0.15, 0.2) is 73.1 Å². The van der Waals surface area contributed by atoms with Gasteiger partial charge in [0.25, 0.3) is 0 Å². The largest absolute Gasteiger partial charge is 0.353 e. The quantitative estimate of drug-likeness (QED) is 0.386. The minimum atomic E-state index is -0.114. The van der Waals surface area contributed by atoms with Crippen LogP contribution in [0.4, 0.5) is 0 Å². The molecule has 0 aliphatic carbocycles. The van der Waals surface area contributed by atoms with E-state index in [0.29, 0.717) is 6.54 Å². The molecule has 2 aromatic carbocycles. The second-order valence-corrected chi connectivity index (χ2v) is 6.48. The Bertz CT molecular complexity index is 1060. The molecular weight excluding hydrogens is 350 g/mol. The summed E-state index contributed by atoms with van der Waals surface area (Å²) in [6.45, 7) is 0.601. The highest BCUT2D eigenvalue weighted by atomic mass is 16.1. The summed E-state index contributed by atoms with van der Waals surface area (Å²) in [5, 5.41) is 7.22. The summed E-state index contributed by atoms with van der Waals surface area (Å²) < 4.78 is 1.78. The first-order valence-corrected chi connectivity index (χ1v) is 9.27. The topological polar surface area (TPSA) is 75.6 Å². The first-order valence-electron chi connectivity index (χ1n) is 9.27. The molecule has 0 radical (unpaired) electrons. The zero-order chi connectivity index (χ0) is 19.2. The maximum absolute atomic E-state index is 12.0. The smallest absolute Gasteiger partial charge is 0.244 e. The molecule has 2 aromatic heterocycles. The number of hydrogen-bond donors (Lipinski definition) is 2. The molecular formula is C22H21N5O. The first kappa shape index (κ1) is 17.7. The summed E-state index contributed by atoms with van der Waals surface area (Å²) in [6, 6.07) is 17.8. The third-order valence-corrected chi connectivity index (χ3v) is 4.38. The number of carbonyl (C=O) groups is 1. The highest BCUT2D eigenvalue weighted by molar-refractivity contribution is 5.91. The molecule has 0 unspecified atom stereocenters. The van der Waals surface area contributed by atoms with E-state index >= 15 is 0 Å². The Labute approximate surface area is 162 Å². The van der Waals surface area contributed by atoms with Crippen molar-refractivity contribution >= 4 is 23.0 Å². The Morgan fingerprint density at radius 3 is 2.79 bits per heavy atom. The third-order valence-electron chi connectivity index (χ3n) is 4.38. The molecule has 0 aliphatic rings. The minimum Gasteiger partial charge on any atom is -0.353 e. The second kappa shape index (κ2) is 8.35. The standard InChI is InChI=1S/C22H21N5O/c28-22(13-12-17-15-24-27(16-17)18-7-2-1-3-8-18)23-14-6-11-21-25-19-9-4-5-10-20(19)26-21/h1-5,7-10,12-13,15-16H,6,11,14H2,(H,23,28)(H,25,26)/b13-12+. The van der Waals surface area contributed by atoms with Crippen molar-refractivity contribution in [3.63, 3.8) is 0 Å². The maximum Gasteiger partial charge on any atom is 0.244 e. The van der Waals surface area contributed by atoms with Crippen molar-refractivity contribution in [3.05, 3.63) is 84.5 Å². The lowest BCUT2D eigenvalue weighted by Crippen LogP contribution is -2.22. The number of H-pyrrole nitrogens is 1. The number of amides is 1. The lowest BCUT2D eigenvalue weighted by molar-refractivity contribution is -0.116. The number of hydrogen-bond acceptors (Lipinski definition) is 3. The van der Waals surface area contributed by atoms with Crippen LogP contribution >= 0.6 is 0 Å². The predicted molar refractivity (Wildman–Crippen MR) is 110 cm³/mol. The van der Waals surface area contributed by atoms with Crippen molar-refractivity contribution < 1.29 is 4.79 Å². The number of carbonyl (C=O) groups excluding carboxylic acids is 1. The molecule has 0 saturated heterocycles. The second-order valence-electron chi connectivity index (χ2n) is 6.48. The van der Waals surface area contributed by atoms with Crippen molar-refractivity contribution in [1.29, 1.82) is 0 Å². The molecule has 4 aromatic rings. The van der Waals surface area contributed by atoms with E-state index in [1.807, 2.05) is 60.8 Å². The molecule has 4 rings (SSSR count). The molecule has 0 atom stereocenters. The summed E-state index contributed by atoms with van der Waals surface area (Å²) in [4.78, 5) is 19.8. The van der Waals surface area contributed by atoms with Crippen LogP contribution in [0.3, 0.4) is 0 Å². The third kappa shape index (κ3) is 4.35. The van der Waals surface area contributed by atoms with E-state index in [-0.39, 0.29) is 5.91 Å². The van der Waals surface area contributed by atoms with Gasteiger partial charge in [-0.05, 0) is 36.8 Å². The lowest BCUT2D eigenvalue weighted by atomic mass is 10.3. The van der Waals surface area contributed by atoms with Crippen LogP contribution in [0, 0.1) is 0 Å².